The van der Waals surface area contributed by atoms with Crippen molar-refractivity contribution in [2.45, 2.75) is 19.8 Å². The molecule has 2 aromatic carbocycles. The minimum atomic E-state index is 0.483. The smallest absolute Gasteiger partial charge is 0.150 e. The molecule has 0 radical (unpaired) electrons. The molecule has 0 aliphatic heterocycles. The molecule has 4 aromatic rings. The van der Waals surface area contributed by atoms with E-state index >= 15 is 0 Å². The number of ether oxygens (including phenoxy) is 1. The molecule has 0 unspecified atom stereocenters. The Labute approximate surface area is 152 Å². The molecular formula is C22H21N3O. The summed E-state index contributed by atoms with van der Waals surface area (Å²) in [4.78, 5) is 9.04. The molecule has 4 heteroatoms. The molecule has 0 aliphatic rings. The third kappa shape index (κ3) is 2.94. The van der Waals surface area contributed by atoms with Gasteiger partial charge in [0.2, 0.25) is 0 Å². The van der Waals surface area contributed by atoms with E-state index in [2.05, 4.69) is 41.2 Å². The first kappa shape index (κ1) is 16.3. The first-order valence-corrected chi connectivity index (χ1v) is 8.72. The number of anilines is 1. The van der Waals surface area contributed by atoms with Crippen LogP contribution in [0.3, 0.4) is 0 Å². The normalized spacial score (nSPS) is 11.2. The molecule has 2 N–H and O–H groups in total. The van der Waals surface area contributed by atoms with Crippen LogP contribution < -0.4 is 10.5 Å². The Balaban J connectivity index is 1.68. The molecule has 26 heavy (non-hydrogen) atoms. The second kappa shape index (κ2) is 6.64. The van der Waals surface area contributed by atoms with Gasteiger partial charge in [-0.15, -0.1) is 0 Å². The van der Waals surface area contributed by atoms with Crippen LogP contribution in [0.25, 0.3) is 21.8 Å². The van der Waals surface area contributed by atoms with Crippen LogP contribution in [0, 0.1) is 6.92 Å². The lowest BCUT2D eigenvalue weighted by molar-refractivity contribution is 0.414. The zero-order chi connectivity index (χ0) is 18.1. The Morgan fingerprint density at radius 3 is 2.65 bits per heavy atom. The van der Waals surface area contributed by atoms with Crippen molar-refractivity contribution < 1.29 is 4.74 Å². The van der Waals surface area contributed by atoms with E-state index in [0.29, 0.717) is 5.82 Å². The molecule has 0 spiro atoms. The number of nitrogen functional groups attached to an aromatic ring is 1. The van der Waals surface area contributed by atoms with Crippen molar-refractivity contribution in [1.82, 2.24) is 9.97 Å². The summed E-state index contributed by atoms with van der Waals surface area (Å²) in [6.07, 6.45) is 3.79. The van der Waals surface area contributed by atoms with E-state index in [1.807, 2.05) is 30.5 Å². The summed E-state index contributed by atoms with van der Waals surface area (Å²) in [5.74, 6) is 1.38. The molecule has 4 rings (SSSR count). The van der Waals surface area contributed by atoms with Gasteiger partial charge in [-0.05, 0) is 60.7 Å². The van der Waals surface area contributed by atoms with Gasteiger partial charge in [0.25, 0.3) is 0 Å². The largest absolute Gasteiger partial charge is 0.497 e. The van der Waals surface area contributed by atoms with E-state index in [1.165, 1.54) is 16.7 Å². The summed E-state index contributed by atoms with van der Waals surface area (Å²) in [5.41, 5.74) is 11.5. The zero-order valence-corrected chi connectivity index (χ0v) is 15.0. The number of pyridine rings is 2. The second-order valence-electron chi connectivity index (χ2n) is 6.55. The van der Waals surface area contributed by atoms with Crippen molar-refractivity contribution >= 4 is 27.6 Å². The standard InChI is InChI=1S/C22H21N3O/c1-14-11-17(26-2)10-9-16(14)8-7-15-12-19-18-5-3-4-6-20(18)25-22(23)21(19)24-13-15/h3-6,9-13H,7-8H2,1-2H3,(H2,23,25). The van der Waals surface area contributed by atoms with Crippen LogP contribution in [-0.4, -0.2) is 17.1 Å². The highest BCUT2D eigenvalue weighted by Crippen LogP contribution is 2.27. The van der Waals surface area contributed by atoms with Crippen LogP contribution in [0.1, 0.15) is 16.7 Å². The molecule has 4 nitrogen and oxygen atoms in total. The Morgan fingerprint density at radius 1 is 1.00 bits per heavy atom. The Kier molecular flexibility index (Phi) is 4.17. The fraction of sp³-hybridized carbons (Fsp3) is 0.182. The number of para-hydroxylation sites is 1. The van der Waals surface area contributed by atoms with Crippen molar-refractivity contribution in [1.29, 1.82) is 0 Å². The van der Waals surface area contributed by atoms with Crippen molar-refractivity contribution in [3.05, 3.63) is 71.4 Å². The maximum atomic E-state index is 6.10. The Morgan fingerprint density at radius 2 is 1.85 bits per heavy atom. The van der Waals surface area contributed by atoms with E-state index in [1.54, 1.807) is 7.11 Å². The van der Waals surface area contributed by atoms with Crippen LogP contribution >= 0.6 is 0 Å². The van der Waals surface area contributed by atoms with Gasteiger partial charge >= 0.3 is 0 Å². The number of hydrogen-bond donors (Lipinski definition) is 1. The zero-order valence-electron chi connectivity index (χ0n) is 15.0. The highest BCUT2D eigenvalue weighted by molar-refractivity contribution is 6.08. The molecule has 0 saturated heterocycles. The van der Waals surface area contributed by atoms with Gasteiger partial charge < -0.3 is 10.5 Å². The summed E-state index contributed by atoms with van der Waals surface area (Å²) in [6, 6.07) is 16.5. The SMILES string of the molecule is COc1ccc(CCc2cnc3c(N)nc4ccccc4c3c2)c(C)c1. The second-order valence-corrected chi connectivity index (χ2v) is 6.55. The minimum absolute atomic E-state index is 0.483. The summed E-state index contributed by atoms with van der Waals surface area (Å²) >= 11 is 0. The maximum Gasteiger partial charge on any atom is 0.150 e. The van der Waals surface area contributed by atoms with Gasteiger partial charge in [-0.1, -0.05) is 24.3 Å². The molecule has 0 fully saturated rings. The van der Waals surface area contributed by atoms with E-state index in [9.17, 15) is 0 Å². The highest BCUT2D eigenvalue weighted by Gasteiger charge is 2.09. The predicted octanol–water partition coefficient (Wildman–Crippen LogP) is 4.47. The summed E-state index contributed by atoms with van der Waals surface area (Å²) in [6.45, 7) is 2.12. The van der Waals surface area contributed by atoms with Crippen molar-refractivity contribution in [2.75, 3.05) is 12.8 Å². The fourth-order valence-electron chi connectivity index (χ4n) is 3.39. The molecule has 130 valence electrons. The molecule has 0 amide bonds. The predicted molar refractivity (Wildman–Crippen MR) is 107 cm³/mol. The summed E-state index contributed by atoms with van der Waals surface area (Å²) < 4.78 is 5.29. The average molecular weight is 343 g/mol. The number of aryl methyl sites for hydroxylation is 3. The third-order valence-electron chi connectivity index (χ3n) is 4.85. The van der Waals surface area contributed by atoms with Gasteiger partial charge in [0.1, 0.15) is 11.3 Å². The van der Waals surface area contributed by atoms with Gasteiger partial charge in [0, 0.05) is 17.0 Å². The highest BCUT2D eigenvalue weighted by atomic mass is 16.5. The van der Waals surface area contributed by atoms with Crippen molar-refractivity contribution in [3.8, 4) is 5.75 Å². The quantitative estimate of drug-likeness (QED) is 0.556. The molecule has 0 bridgehead atoms. The first-order chi connectivity index (χ1) is 12.7. The van der Waals surface area contributed by atoms with Gasteiger partial charge in [-0.25, -0.2) is 4.98 Å². The Bertz CT molecular complexity index is 1110. The number of hydrogen-bond acceptors (Lipinski definition) is 4. The summed E-state index contributed by atoms with van der Waals surface area (Å²) in [5, 5.41) is 2.16. The summed E-state index contributed by atoms with van der Waals surface area (Å²) in [7, 11) is 1.69. The van der Waals surface area contributed by atoms with Crippen LogP contribution in [0.15, 0.2) is 54.7 Å². The van der Waals surface area contributed by atoms with E-state index in [0.717, 1.165) is 40.4 Å². The van der Waals surface area contributed by atoms with Gasteiger partial charge in [0.05, 0.1) is 12.6 Å². The number of rotatable bonds is 4. The van der Waals surface area contributed by atoms with Gasteiger partial charge in [0.15, 0.2) is 5.82 Å². The molecule has 0 atom stereocenters. The van der Waals surface area contributed by atoms with Gasteiger partial charge in [-0.3, -0.25) is 4.98 Å². The molecule has 0 aliphatic carbocycles. The topological polar surface area (TPSA) is 61.0 Å². The third-order valence-corrected chi connectivity index (χ3v) is 4.85. The van der Waals surface area contributed by atoms with E-state index in [4.69, 9.17) is 10.5 Å². The number of aromatic nitrogens is 2. The Hall–Kier alpha value is -3.14. The van der Waals surface area contributed by atoms with Crippen molar-refractivity contribution in [3.63, 3.8) is 0 Å². The fourth-order valence-corrected chi connectivity index (χ4v) is 3.39. The van der Waals surface area contributed by atoms with E-state index < -0.39 is 0 Å². The van der Waals surface area contributed by atoms with Crippen molar-refractivity contribution in [2.24, 2.45) is 0 Å². The number of nitrogens with zero attached hydrogens (tertiary/aromatic N) is 2. The van der Waals surface area contributed by atoms with Crippen LogP contribution in [0.5, 0.6) is 5.75 Å². The molecular weight excluding hydrogens is 322 g/mol. The average Bonchev–Trinajstić information content (AvgIpc) is 2.67. The number of fused-ring (bicyclic) bond motifs is 3. The number of benzene rings is 2. The minimum Gasteiger partial charge on any atom is -0.497 e. The van der Waals surface area contributed by atoms with Crippen LogP contribution in [0.4, 0.5) is 5.82 Å². The number of methoxy groups -OCH3 is 1. The van der Waals surface area contributed by atoms with E-state index in [-0.39, 0.29) is 0 Å². The van der Waals surface area contributed by atoms with Crippen LogP contribution in [0.2, 0.25) is 0 Å². The lowest BCUT2D eigenvalue weighted by Crippen LogP contribution is -1.99. The van der Waals surface area contributed by atoms with Gasteiger partial charge in [-0.2, -0.15) is 0 Å². The lowest BCUT2D eigenvalue weighted by Gasteiger charge is -2.10. The molecule has 2 aromatic heterocycles. The number of nitrogens with two attached hydrogens (primary N) is 1. The first-order valence-electron chi connectivity index (χ1n) is 8.72. The molecule has 0 saturated carbocycles. The molecule has 2 heterocycles. The lowest BCUT2D eigenvalue weighted by atomic mass is 10.00. The monoisotopic (exact) mass is 343 g/mol. The maximum absolute atomic E-state index is 6.10. The van der Waals surface area contributed by atoms with Crippen LogP contribution in [-0.2, 0) is 12.8 Å².